The Labute approximate surface area is 126 Å². The van der Waals surface area contributed by atoms with E-state index in [4.69, 9.17) is 5.11 Å². The summed E-state index contributed by atoms with van der Waals surface area (Å²) in [6, 6.07) is 8.68. The van der Waals surface area contributed by atoms with Gasteiger partial charge < -0.3 is 10.4 Å². The molecule has 0 aliphatic heterocycles. The normalized spacial score (nSPS) is 14.2. The van der Waals surface area contributed by atoms with E-state index in [-0.39, 0.29) is 5.91 Å². The lowest BCUT2D eigenvalue weighted by molar-refractivity contribution is -0.131. The van der Waals surface area contributed by atoms with Gasteiger partial charge in [-0.25, -0.2) is 4.79 Å². The summed E-state index contributed by atoms with van der Waals surface area (Å²) in [5, 5.41) is 18.2. The number of anilines is 1. The number of nitrogens with zero attached hydrogens (tertiary/aromatic N) is 1. The highest BCUT2D eigenvalue weighted by atomic mass is 16.4. The Morgan fingerprint density at radius 3 is 2.64 bits per heavy atom. The van der Waals surface area contributed by atoms with Gasteiger partial charge in [-0.05, 0) is 42.7 Å². The Kier molecular flexibility index (Phi) is 3.74. The number of hydrogen-bond donors (Lipinski definition) is 3. The van der Waals surface area contributed by atoms with Crippen LogP contribution in [0.25, 0.3) is 6.08 Å². The Morgan fingerprint density at radius 2 is 2.00 bits per heavy atom. The summed E-state index contributed by atoms with van der Waals surface area (Å²) in [4.78, 5) is 22.5. The molecule has 0 spiro atoms. The minimum atomic E-state index is -0.998. The SMILES string of the molecule is O=C(O)C=Cc1ccc(NC(=O)c2cc(C3CC3)[nH]n2)cc1. The Balaban J connectivity index is 1.64. The number of benzene rings is 1. The van der Waals surface area contributed by atoms with E-state index in [1.54, 1.807) is 30.3 Å². The van der Waals surface area contributed by atoms with Crippen LogP contribution in [0.2, 0.25) is 0 Å². The summed E-state index contributed by atoms with van der Waals surface area (Å²) in [5.41, 5.74) is 2.76. The van der Waals surface area contributed by atoms with Crippen LogP contribution < -0.4 is 5.32 Å². The van der Waals surface area contributed by atoms with Crippen LogP contribution in [-0.2, 0) is 4.79 Å². The van der Waals surface area contributed by atoms with E-state index in [0.717, 1.165) is 30.2 Å². The maximum Gasteiger partial charge on any atom is 0.328 e. The maximum atomic E-state index is 12.1. The van der Waals surface area contributed by atoms with Crippen molar-refractivity contribution >= 4 is 23.6 Å². The molecule has 1 aromatic heterocycles. The second-order valence-corrected chi connectivity index (χ2v) is 5.23. The van der Waals surface area contributed by atoms with E-state index in [1.165, 1.54) is 6.08 Å². The summed E-state index contributed by atoms with van der Waals surface area (Å²) in [5.74, 6) is -0.742. The average molecular weight is 297 g/mol. The van der Waals surface area contributed by atoms with Crippen LogP contribution in [0, 0.1) is 0 Å². The third-order valence-electron chi connectivity index (χ3n) is 3.43. The highest BCUT2D eigenvalue weighted by Crippen LogP contribution is 2.39. The van der Waals surface area contributed by atoms with E-state index < -0.39 is 5.97 Å². The van der Waals surface area contributed by atoms with Gasteiger partial charge in [0.05, 0.1) is 0 Å². The van der Waals surface area contributed by atoms with Crippen molar-refractivity contribution < 1.29 is 14.7 Å². The number of H-pyrrole nitrogens is 1. The van der Waals surface area contributed by atoms with Crippen LogP contribution in [0.15, 0.2) is 36.4 Å². The van der Waals surface area contributed by atoms with Gasteiger partial charge >= 0.3 is 5.97 Å². The van der Waals surface area contributed by atoms with E-state index in [1.807, 2.05) is 0 Å². The molecule has 0 atom stereocenters. The van der Waals surface area contributed by atoms with Gasteiger partial charge in [0.25, 0.3) is 5.91 Å². The number of aromatic amines is 1. The van der Waals surface area contributed by atoms with E-state index in [0.29, 0.717) is 17.3 Å². The van der Waals surface area contributed by atoms with E-state index in [2.05, 4.69) is 15.5 Å². The van der Waals surface area contributed by atoms with Gasteiger partial charge in [0.2, 0.25) is 0 Å². The summed E-state index contributed by atoms with van der Waals surface area (Å²) in [7, 11) is 0. The molecule has 1 aliphatic carbocycles. The van der Waals surface area contributed by atoms with Crippen LogP contribution in [0.4, 0.5) is 5.69 Å². The van der Waals surface area contributed by atoms with Crippen LogP contribution >= 0.6 is 0 Å². The number of hydrogen-bond acceptors (Lipinski definition) is 3. The van der Waals surface area contributed by atoms with Crippen molar-refractivity contribution in [3.05, 3.63) is 53.4 Å². The molecule has 1 amide bonds. The first-order valence-electron chi connectivity index (χ1n) is 6.99. The Bertz CT molecular complexity index is 727. The van der Waals surface area contributed by atoms with Gasteiger partial charge in [-0.2, -0.15) is 5.10 Å². The molecule has 0 bridgehead atoms. The first-order valence-corrected chi connectivity index (χ1v) is 6.99. The second-order valence-electron chi connectivity index (χ2n) is 5.23. The highest BCUT2D eigenvalue weighted by molar-refractivity contribution is 6.03. The molecule has 0 unspecified atom stereocenters. The predicted octanol–water partition coefficient (Wildman–Crippen LogP) is 2.64. The van der Waals surface area contributed by atoms with Gasteiger partial charge in [-0.1, -0.05) is 12.1 Å². The van der Waals surface area contributed by atoms with Gasteiger partial charge in [0, 0.05) is 23.4 Å². The molecule has 0 saturated heterocycles. The molecule has 1 aromatic carbocycles. The number of nitrogens with one attached hydrogen (secondary N) is 2. The number of carbonyl (C=O) groups is 2. The van der Waals surface area contributed by atoms with Crippen LogP contribution in [-0.4, -0.2) is 27.2 Å². The maximum absolute atomic E-state index is 12.1. The quantitative estimate of drug-likeness (QED) is 0.739. The average Bonchev–Trinajstić information content (AvgIpc) is 3.23. The molecule has 1 fully saturated rings. The van der Waals surface area contributed by atoms with Gasteiger partial charge in [0.15, 0.2) is 5.69 Å². The standard InChI is InChI=1S/C16H15N3O3/c20-15(21)8-3-10-1-6-12(7-2-10)17-16(22)14-9-13(18-19-14)11-4-5-11/h1-3,6-9,11H,4-5H2,(H,17,22)(H,18,19)(H,20,21). The van der Waals surface area contributed by atoms with Crippen molar-refractivity contribution in [1.29, 1.82) is 0 Å². The zero-order chi connectivity index (χ0) is 15.5. The molecule has 1 aliphatic rings. The van der Waals surface area contributed by atoms with Crippen LogP contribution in [0.3, 0.4) is 0 Å². The third-order valence-corrected chi connectivity index (χ3v) is 3.43. The predicted molar refractivity (Wildman–Crippen MR) is 81.6 cm³/mol. The highest BCUT2D eigenvalue weighted by Gasteiger charge is 2.26. The number of amides is 1. The lowest BCUT2D eigenvalue weighted by Crippen LogP contribution is -2.12. The number of aliphatic carboxylic acids is 1. The molecule has 3 rings (SSSR count). The zero-order valence-corrected chi connectivity index (χ0v) is 11.7. The summed E-state index contributed by atoms with van der Waals surface area (Å²) in [6.45, 7) is 0. The fraction of sp³-hybridized carbons (Fsp3) is 0.188. The second kappa shape index (κ2) is 5.85. The largest absolute Gasteiger partial charge is 0.478 e. The monoisotopic (exact) mass is 297 g/mol. The van der Waals surface area contributed by atoms with E-state index >= 15 is 0 Å². The Hall–Kier alpha value is -2.89. The molecule has 3 N–H and O–H groups in total. The van der Waals surface area contributed by atoms with Gasteiger partial charge in [-0.15, -0.1) is 0 Å². The first kappa shape index (κ1) is 14.1. The lowest BCUT2D eigenvalue weighted by atomic mass is 10.2. The minimum Gasteiger partial charge on any atom is -0.478 e. The van der Waals surface area contributed by atoms with Crippen LogP contribution in [0.5, 0.6) is 0 Å². The molecular formula is C16H15N3O3. The van der Waals surface area contributed by atoms with Crippen molar-refractivity contribution in [3.63, 3.8) is 0 Å². The van der Waals surface area contributed by atoms with Crippen molar-refractivity contribution in [1.82, 2.24) is 10.2 Å². The van der Waals surface area contributed by atoms with Gasteiger partial charge in [0.1, 0.15) is 0 Å². The van der Waals surface area contributed by atoms with Gasteiger partial charge in [-0.3, -0.25) is 9.89 Å². The lowest BCUT2D eigenvalue weighted by Gasteiger charge is -2.03. The molecule has 112 valence electrons. The minimum absolute atomic E-state index is 0.267. The summed E-state index contributed by atoms with van der Waals surface area (Å²) in [6.07, 6.45) is 4.85. The number of aromatic nitrogens is 2. The smallest absolute Gasteiger partial charge is 0.328 e. The molecule has 22 heavy (non-hydrogen) atoms. The summed E-state index contributed by atoms with van der Waals surface area (Å²) < 4.78 is 0. The van der Waals surface area contributed by atoms with Crippen molar-refractivity contribution in [3.8, 4) is 0 Å². The molecule has 6 heteroatoms. The fourth-order valence-corrected chi connectivity index (χ4v) is 2.10. The fourth-order valence-electron chi connectivity index (χ4n) is 2.10. The van der Waals surface area contributed by atoms with Crippen molar-refractivity contribution in [2.75, 3.05) is 5.32 Å². The van der Waals surface area contributed by atoms with Crippen LogP contribution in [0.1, 0.15) is 40.5 Å². The molecule has 2 aromatic rings. The first-order chi connectivity index (χ1) is 10.6. The molecule has 1 saturated carbocycles. The number of carboxylic acids is 1. The molecule has 1 heterocycles. The van der Waals surface area contributed by atoms with E-state index in [9.17, 15) is 9.59 Å². The number of rotatable bonds is 5. The molecular weight excluding hydrogens is 282 g/mol. The Morgan fingerprint density at radius 1 is 1.27 bits per heavy atom. The van der Waals surface area contributed by atoms with Crippen molar-refractivity contribution in [2.45, 2.75) is 18.8 Å². The summed E-state index contributed by atoms with van der Waals surface area (Å²) >= 11 is 0. The number of carbonyl (C=O) groups excluding carboxylic acids is 1. The number of carboxylic acid groups (broad SMARTS) is 1. The topological polar surface area (TPSA) is 95.1 Å². The molecule has 6 nitrogen and oxygen atoms in total. The molecule has 0 radical (unpaired) electrons. The third kappa shape index (κ3) is 3.41. The van der Waals surface area contributed by atoms with Crippen molar-refractivity contribution in [2.24, 2.45) is 0 Å². The zero-order valence-electron chi connectivity index (χ0n) is 11.7.